The van der Waals surface area contributed by atoms with Crippen molar-refractivity contribution >= 4 is 0 Å². The van der Waals surface area contributed by atoms with Crippen LogP contribution in [-0.4, -0.2) is 11.4 Å². The number of hydrogen-bond acceptors (Lipinski definition) is 1. The summed E-state index contributed by atoms with van der Waals surface area (Å²) < 4.78 is 0. The second-order valence-electron chi connectivity index (χ2n) is 8.33. The first-order valence-electron chi connectivity index (χ1n) is 11.2. The number of hydrogen-bond donors (Lipinski definition) is 0. The number of allylic oxidation sites excluding steroid dienone is 16. The highest BCUT2D eigenvalue weighted by Gasteiger charge is 2.13. The van der Waals surface area contributed by atoms with E-state index in [1.165, 1.54) is 33.7 Å². The van der Waals surface area contributed by atoms with Crippen LogP contribution in [0.2, 0.25) is 0 Å². The van der Waals surface area contributed by atoms with Gasteiger partial charge in [-0.15, -0.1) is 0 Å². The summed E-state index contributed by atoms with van der Waals surface area (Å²) in [7, 11) is 0. The van der Waals surface area contributed by atoms with Gasteiger partial charge in [-0.1, -0.05) is 78.0 Å². The van der Waals surface area contributed by atoms with Gasteiger partial charge in [-0.05, 0) is 84.3 Å². The standard InChI is InChI=1S/C30H41N/c1-9-11-16-30(23-25(5)6)31(21-13-12-15-26(7)22-24(3)4)29-19-17-27(8)28(14-10-2)18-20-29/h9-14,16-18,20,22-23H,3,15,19,21H2,1-2,4-8H3/b11-9-,13-12+,14-10-,26-22+,30-16+. The van der Waals surface area contributed by atoms with Crippen LogP contribution >= 0.6 is 0 Å². The maximum absolute atomic E-state index is 3.97. The van der Waals surface area contributed by atoms with Gasteiger partial charge in [-0.2, -0.15) is 0 Å². The maximum Gasteiger partial charge on any atom is 0.0410 e. The van der Waals surface area contributed by atoms with Crippen molar-refractivity contribution in [3.8, 4) is 0 Å². The molecule has 0 radical (unpaired) electrons. The fraction of sp³-hybridized carbons (Fsp3) is 0.333. The Bertz CT molecular complexity index is 885. The predicted molar refractivity (Wildman–Crippen MR) is 141 cm³/mol. The summed E-state index contributed by atoms with van der Waals surface area (Å²) in [5.41, 5.74) is 8.81. The first-order chi connectivity index (χ1) is 14.8. The highest BCUT2D eigenvalue weighted by atomic mass is 15.1. The van der Waals surface area contributed by atoms with Gasteiger partial charge in [-0.3, -0.25) is 0 Å². The molecule has 31 heavy (non-hydrogen) atoms. The van der Waals surface area contributed by atoms with E-state index in [4.69, 9.17) is 0 Å². The van der Waals surface area contributed by atoms with Crippen molar-refractivity contribution in [1.29, 1.82) is 0 Å². The molecule has 0 bridgehead atoms. The van der Waals surface area contributed by atoms with Crippen LogP contribution in [0.3, 0.4) is 0 Å². The molecule has 0 aromatic rings. The Morgan fingerprint density at radius 3 is 2.39 bits per heavy atom. The smallest absolute Gasteiger partial charge is 0.0410 e. The summed E-state index contributed by atoms with van der Waals surface area (Å²) in [6, 6.07) is 0. The molecule has 1 rings (SSSR count). The molecule has 0 aromatic carbocycles. The van der Waals surface area contributed by atoms with E-state index < -0.39 is 0 Å². The molecule has 0 spiro atoms. The molecule has 0 aliphatic heterocycles. The van der Waals surface area contributed by atoms with Crippen molar-refractivity contribution < 1.29 is 0 Å². The first kappa shape index (κ1) is 26.2. The topological polar surface area (TPSA) is 3.24 Å². The van der Waals surface area contributed by atoms with Gasteiger partial charge in [-0.25, -0.2) is 0 Å². The molecule has 0 saturated heterocycles. The zero-order valence-electron chi connectivity index (χ0n) is 20.7. The lowest BCUT2D eigenvalue weighted by atomic mass is 10.1. The maximum atomic E-state index is 3.97. The van der Waals surface area contributed by atoms with Crippen LogP contribution in [0, 0.1) is 0 Å². The molecule has 0 saturated carbocycles. The van der Waals surface area contributed by atoms with Crippen LogP contribution in [0.15, 0.2) is 119 Å². The second-order valence-corrected chi connectivity index (χ2v) is 8.33. The molecule has 166 valence electrons. The van der Waals surface area contributed by atoms with E-state index in [1.807, 2.05) is 6.92 Å². The highest BCUT2D eigenvalue weighted by molar-refractivity contribution is 5.45. The molecule has 0 amide bonds. The van der Waals surface area contributed by atoms with Crippen molar-refractivity contribution in [1.82, 2.24) is 4.90 Å². The van der Waals surface area contributed by atoms with Gasteiger partial charge in [0, 0.05) is 24.4 Å². The van der Waals surface area contributed by atoms with E-state index in [2.05, 4.69) is 126 Å². The van der Waals surface area contributed by atoms with Crippen LogP contribution in [0.1, 0.15) is 61.3 Å². The third-order valence-electron chi connectivity index (χ3n) is 4.82. The van der Waals surface area contributed by atoms with Crippen LogP contribution in [0.5, 0.6) is 0 Å². The van der Waals surface area contributed by atoms with Crippen molar-refractivity contribution in [3.05, 3.63) is 119 Å². The Hall–Kier alpha value is -2.80. The minimum Gasteiger partial charge on any atom is -0.341 e. The first-order valence-corrected chi connectivity index (χ1v) is 11.2. The zero-order chi connectivity index (χ0) is 23.2. The van der Waals surface area contributed by atoms with Gasteiger partial charge in [0.1, 0.15) is 0 Å². The monoisotopic (exact) mass is 415 g/mol. The molecule has 1 heteroatoms. The molecule has 1 aliphatic rings. The molecule has 0 unspecified atom stereocenters. The lowest BCUT2D eigenvalue weighted by Gasteiger charge is -2.27. The van der Waals surface area contributed by atoms with Gasteiger partial charge < -0.3 is 4.90 Å². The summed E-state index contributed by atoms with van der Waals surface area (Å²) in [4.78, 5) is 2.42. The quantitative estimate of drug-likeness (QED) is 0.254. The average molecular weight is 416 g/mol. The van der Waals surface area contributed by atoms with E-state index in [-0.39, 0.29) is 0 Å². The Labute approximate surface area is 191 Å². The molecule has 0 N–H and O–H groups in total. The van der Waals surface area contributed by atoms with Gasteiger partial charge in [0.2, 0.25) is 0 Å². The van der Waals surface area contributed by atoms with E-state index in [0.717, 1.165) is 25.0 Å². The fourth-order valence-electron chi connectivity index (χ4n) is 3.35. The molecule has 1 nitrogen and oxygen atoms in total. The molecule has 0 atom stereocenters. The third-order valence-corrected chi connectivity index (χ3v) is 4.82. The molecule has 0 fully saturated rings. The van der Waals surface area contributed by atoms with Crippen molar-refractivity contribution in [2.75, 3.05) is 6.54 Å². The highest BCUT2D eigenvalue weighted by Crippen LogP contribution is 2.25. The van der Waals surface area contributed by atoms with Crippen LogP contribution in [0.25, 0.3) is 0 Å². The minimum absolute atomic E-state index is 0.832. The van der Waals surface area contributed by atoms with E-state index >= 15 is 0 Å². The van der Waals surface area contributed by atoms with Crippen LogP contribution < -0.4 is 0 Å². The number of rotatable bonds is 10. The molecular formula is C30H41N. The van der Waals surface area contributed by atoms with E-state index in [1.54, 1.807) is 0 Å². The predicted octanol–water partition coefficient (Wildman–Crippen LogP) is 8.92. The lowest BCUT2D eigenvalue weighted by Crippen LogP contribution is -2.22. The third kappa shape index (κ3) is 10.2. The van der Waals surface area contributed by atoms with E-state index in [9.17, 15) is 0 Å². The molecular weight excluding hydrogens is 374 g/mol. The summed E-state index contributed by atoms with van der Waals surface area (Å²) in [6.45, 7) is 19.6. The molecule has 0 aromatic heterocycles. The zero-order valence-corrected chi connectivity index (χ0v) is 20.7. The van der Waals surface area contributed by atoms with Gasteiger partial charge in [0.25, 0.3) is 0 Å². The van der Waals surface area contributed by atoms with Gasteiger partial charge >= 0.3 is 0 Å². The summed E-state index contributed by atoms with van der Waals surface area (Å²) in [6.07, 6.45) is 28.3. The summed E-state index contributed by atoms with van der Waals surface area (Å²) in [5, 5.41) is 0. The normalized spacial score (nSPS) is 15.8. The largest absolute Gasteiger partial charge is 0.341 e. The minimum atomic E-state index is 0.832. The van der Waals surface area contributed by atoms with Gasteiger partial charge in [0.05, 0.1) is 0 Å². The van der Waals surface area contributed by atoms with Crippen molar-refractivity contribution in [3.63, 3.8) is 0 Å². The number of nitrogens with zero attached hydrogens (tertiary/aromatic N) is 1. The summed E-state index contributed by atoms with van der Waals surface area (Å²) >= 11 is 0. The average Bonchev–Trinajstić information content (AvgIpc) is 2.87. The van der Waals surface area contributed by atoms with Crippen LogP contribution in [0.4, 0.5) is 0 Å². The Morgan fingerprint density at radius 1 is 1.03 bits per heavy atom. The fourth-order valence-corrected chi connectivity index (χ4v) is 3.35. The van der Waals surface area contributed by atoms with Crippen LogP contribution in [-0.2, 0) is 0 Å². The van der Waals surface area contributed by atoms with Crippen molar-refractivity contribution in [2.24, 2.45) is 0 Å². The van der Waals surface area contributed by atoms with E-state index in [0.29, 0.717) is 0 Å². The van der Waals surface area contributed by atoms with Crippen molar-refractivity contribution in [2.45, 2.75) is 61.3 Å². The Kier molecular flexibility index (Phi) is 12.1. The molecule has 1 aliphatic carbocycles. The SMILES string of the molecule is C=C(C)/C=C(\C)C/C=C/CN(C1=CC=C(/C=C\C)C(C)=CC1)/C(C=C(C)C)=C/C=C\C. The Morgan fingerprint density at radius 2 is 1.77 bits per heavy atom. The lowest BCUT2D eigenvalue weighted by molar-refractivity contribution is 0.476. The summed E-state index contributed by atoms with van der Waals surface area (Å²) in [5.74, 6) is 0. The molecule has 0 heterocycles. The van der Waals surface area contributed by atoms with Gasteiger partial charge in [0.15, 0.2) is 0 Å². The second kappa shape index (κ2) is 14.2. The Balaban J connectivity index is 3.30.